The minimum absolute atomic E-state index is 0.0634. The van der Waals surface area contributed by atoms with Crippen LogP contribution in [0, 0.1) is 0 Å². The van der Waals surface area contributed by atoms with Gasteiger partial charge >= 0.3 is 5.97 Å². The molecular formula is C12H20N2O2. The van der Waals surface area contributed by atoms with E-state index in [4.69, 9.17) is 10.5 Å². The molecule has 1 rings (SSSR count). The number of nitrogens with zero attached hydrogens (tertiary/aromatic N) is 1. The number of carbonyl (C=O) groups is 1. The lowest BCUT2D eigenvalue weighted by atomic mass is 10.1. The van der Waals surface area contributed by atoms with E-state index in [1.807, 2.05) is 23.0 Å². The van der Waals surface area contributed by atoms with Crippen molar-refractivity contribution in [3.8, 4) is 0 Å². The molecule has 0 fully saturated rings. The Hall–Kier alpha value is -1.29. The van der Waals surface area contributed by atoms with Gasteiger partial charge < -0.3 is 15.0 Å². The van der Waals surface area contributed by atoms with Crippen LogP contribution < -0.4 is 5.73 Å². The van der Waals surface area contributed by atoms with Gasteiger partial charge in [0.05, 0.1) is 6.61 Å². The van der Waals surface area contributed by atoms with Crippen LogP contribution in [0.15, 0.2) is 18.5 Å². The first-order valence-corrected chi connectivity index (χ1v) is 5.74. The summed E-state index contributed by atoms with van der Waals surface area (Å²) in [5.74, 6) is -0.214. The quantitative estimate of drug-likeness (QED) is 0.750. The van der Waals surface area contributed by atoms with Gasteiger partial charge in [-0.2, -0.15) is 0 Å². The minimum Gasteiger partial charge on any atom is -0.465 e. The molecule has 0 aliphatic carbocycles. The Morgan fingerprint density at radius 2 is 2.31 bits per heavy atom. The molecule has 4 nitrogen and oxygen atoms in total. The number of aromatic nitrogens is 1. The number of rotatable bonds is 6. The molecule has 90 valence electrons. The van der Waals surface area contributed by atoms with Gasteiger partial charge in [-0.3, -0.25) is 4.79 Å². The molecule has 0 saturated carbocycles. The highest BCUT2D eigenvalue weighted by molar-refractivity contribution is 5.69. The third kappa shape index (κ3) is 3.70. The highest BCUT2D eigenvalue weighted by Gasteiger charge is 2.08. The molecule has 16 heavy (non-hydrogen) atoms. The Bertz CT molecular complexity index is 334. The summed E-state index contributed by atoms with van der Waals surface area (Å²) >= 11 is 0. The summed E-state index contributed by atoms with van der Waals surface area (Å²) in [7, 11) is 0. The fraction of sp³-hybridized carbons (Fsp3) is 0.583. The van der Waals surface area contributed by atoms with Crippen LogP contribution >= 0.6 is 0 Å². The topological polar surface area (TPSA) is 57.2 Å². The number of hydrogen-bond donors (Lipinski definition) is 1. The number of ether oxygens (including phenoxy) is 1. The largest absolute Gasteiger partial charge is 0.465 e. The summed E-state index contributed by atoms with van der Waals surface area (Å²) in [4.78, 5) is 11.2. The molecule has 0 aromatic carbocycles. The van der Waals surface area contributed by atoms with E-state index in [0.29, 0.717) is 6.61 Å². The Labute approximate surface area is 96.4 Å². The first-order chi connectivity index (χ1) is 7.67. The monoisotopic (exact) mass is 224 g/mol. The molecule has 1 aromatic rings. The lowest BCUT2D eigenvalue weighted by Crippen LogP contribution is -2.12. The van der Waals surface area contributed by atoms with Gasteiger partial charge in [-0.1, -0.05) is 13.3 Å². The van der Waals surface area contributed by atoms with Crippen molar-refractivity contribution in [2.24, 2.45) is 5.73 Å². The Morgan fingerprint density at radius 1 is 1.56 bits per heavy atom. The van der Waals surface area contributed by atoms with Crippen molar-refractivity contribution in [1.29, 1.82) is 0 Å². The van der Waals surface area contributed by atoms with Crippen LogP contribution in [0.4, 0.5) is 0 Å². The van der Waals surface area contributed by atoms with E-state index in [9.17, 15) is 4.79 Å². The molecule has 0 bridgehead atoms. The average molecular weight is 224 g/mol. The van der Waals surface area contributed by atoms with Crippen LogP contribution in [-0.2, 0) is 16.1 Å². The average Bonchev–Trinajstić information content (AvgIpc) is 2.67. The van der Waals surface area contributed by atoms with Gasteiger partial charge in [-0.05, 0) is 25.0 Å². The molecule has 1 heterocycles. The van der Waals surface area contributed by atoms with Gasteiger partial charge in [-0.25, -0.2) is 0 Å². The maximum atomic E-state index is 11.2. The molecule has 0 radical (unpaired) electrons. The van der Waals surface area contributed by atoms with E-state index in [-0.39, 0.29) is 18.6 Å². The molecule has 1 atom stereocenters. The lowest BCUT2D eigenvalue weighted by Gasteiger charge is -2.07. The van der Waals surface area contributed by atoms with E-state index in [0.717, 1.165) is 18.4 Å². The summed E-state index contributed by atoms with van der Waals surface area (Å²) in [6.45, 7) is 4.58. The second-order valence-corrected chi connectivity index (χ2v) is 3.82. The van der Waals surface area contributed by atoms with Crippen LogP contribution in [0.25, 0.3) is 0 Å². The maximum Gasteiger partial charge on any atom is 0.325 e. The van der Waals surface area contributed by atoms with Gasteiger partial charge in [0, 0.05) is 18.4 Å². The van der Waals surface area contributed by atoms with Crippen molar-refractivity contribution < 1.29 is 9.53 Å². The second kappa shape index (κ2) is 6.33. The third-order valence-corrected chi connectivity index (χ3v) is 2.42. The predicted molar refractivity (Wildman–Crippen MR) is 62.9 cm³/mol. The van der Waals surface area contributed by atoms with Crippen molar-refractivity contribution in [3.05, 3.63) is 24.0 Å². The fourth-order valence-corrected chi connectivity index (χ4v) is 1.61. The predicted octanol–water partition coefficient (Wildman–Crippen LogP) is 1.85. The van der Waals surface area contributed by atoms with E-state index >= 15 is 0 Å². The fourth-order valence-electron chi connectivity index (χ4n) is 1.61. The SMILES string of the molecule is CCCC(N)c1ccn(CC(=O)OCC)c1. The minimum atomic E-state index is -0.214. The zero-order valence-corrected chi connectivity index (χ0v) is 9.98. The van der Waals surface area contributed by atoms with Crippen LogP contribution in [0.5, 0.6) is 0 Å². The van der Waals surface area contributed by atoms with E-state index in [1.165, 1.54) is 0 Å². The van der Waals surface area contributed by atoms with Crippen molar-refractivity contribution in [1.82, 2.24) is 4.57 Å². The molecule has 1 aromatic heterocycles. The summed E-state index contributed by atoms with van der Waals surface area (Å²) in [6, 6.07) is 2.02. The molecule has 0 aliphatic rings. The van der Waals surface area contributed by atoms with Crippen LogP contribution in [0.3, 0.4) is 0 Å². The number of esters is 1. The standard InChI is InChI=1S/C12H20N2O2/c1-3-5-11(13)10-6-7-14(8-10)9-12(15)16-4-2/h6-8,11H,3-5,9,13H2,1-2H3. The molecule has 4 heteroatoms. The summed E-state index contributed by atoms with van der Waals surface area (Å²) in [6.07, 6.45) is 5.80. The van der Waals surface area contributed by atoms with Gasteiger partial charge in [0.1, 0.15) is 6.54 Å². The normalized spacial score (nSPS) is 12.4. The van der Waals surface area contributed by atoms with Crippen molar-refractivity contribution in [2.75, 3.05) is 6.61 Å². The number of carbonyl (C=O) groups excluding carboxylic acids is 1. The summed E-state index contributed by atoms with van der Waals surface area (Å²) < 4.78 is 6.68. The Kier molecular flexibility index (Phi) is 5.05. The van der Waals surface area contributed by atoms with Crippen molar-refractivity contribution in [2.45, 2.75) is 39.3 Å². The number of nitrogens with two attached hydrogens (primary N) is 1. The zero-order chi connectivity index (χ0) is 12.0. The zero-order valence-electron chi connectivity index (χ0n) is 9.98. The first kappa shape index (κ1) is 12.8. The molecule has 1 unspecified atom stereocenters. The maximum absolute atomic E-state index is 11.2. The molecule has 0 aliphatic heterocycles. The van der Waals surface area contributed by atoms with E-state index in [1.54, 1.807) is 6.92 Å². The number of hydrogen-bond acceptors (Lipinski definition) is 3. The summed E-state index contributed by atoms with van der Waals surface area (Å²) in [5, 5.41) is 0. The van der Waals surface area contributed by atoms with E-state index in [2.05, 4.69) is 6.92 Å². The molecule has 0 spiro atoms. The van der Waals surface area contributed by atoms with Crippen LogP contribution in [0.1, 0.15) is 38.3 Å². The third-order valence-electron chi connectivity index (χ3n) is 2.42. The highest BCUT2D eigenvalue weighted by atomic mass is 16.5. The van der Waals surface area contributed by atoms with Crippen molar-refractivity contribution >= 4 is 5.97 Å². The lowest BCUT2D eigenvalue weighted by molar-refractivity contribution is -0.143. The van der Waals surface area contributed by atoms with Gasteiger partial charge in [-0.15, -0.1) is 0 Å². The van der Waals surface area contributed by atoms with Crippen molar-refractivity contribution in [3.63, 3.8) is 0 Å². The smallest absolute Gasteiger partial charge is 0.325 e. The van der Waals surface area contributed by atoms with Crippen LogP contribution in [-0.4, -0.2) is 17.1 Å². The molecule has 0 amide bonds. The first-order valence-electron chi connectivity index (χ1n) is 5.74. The Balaban J connectivity index is 2.54. The molecular weight excluding hydrogens is 204 g/mol. The molecule has 0 saturated heterocycles. The highest BCUT2D eigenvalue weighted by Crippen LogP contribution is 2.15. The van der Waals surface area contributed by atoms with Gasteiger partial charge in [0.2, 0.25) is 0 Å². The van der Waals surface area contributed by atoms with Gasteiger partial charge in [0.25, 0.3) is 0 Å². The van der Waals surface area contributed by atoms with Crippen LogP contribution in [0.2, 0.25) is 0 Å². The Morgan fingerprint density at radius 3 is 2.94 bits per heavy atom. The van der Waals surface area contributed by atoms with Gasteiger partial charge in [0.15, 0.2) is 0 Å². The summed E-state index contributed by atoms with van der Waals surface area (Å²) in [5.41, 5.74) is 7.05. The second-order valence-electron chi connectivity index (χ2n) is 3.82. The molecule has 2 N–H and O–H groups in total. The van der Waals surface area contributed by atoms with E-state index < -0.39 is 0 Å².